The van der Waals surface area contributed by atoms with Gasteiger partial charge in [0, 0.05) is 50.8 Å². The van der Waals surface area contributed by atoms with Crippen molar-refractivity contribution in [1.29, 1.82) is 0 Å². The first-order chi connectivity index (χ1) is 32.0. The van der Waals surface area contributed by atoms with Gasteiger partial charge in [0.25, 0.3) is 5.91 Å². The van der Waals surface area contributed by atoms with Gasteiger partial charge in [-0.15, -0.1) is 0 Å². The summed E-state index contributed by atoms with van der Waals surface area (Å²) >= 11 is 0. The van der Waals surface area contributed by atoms with Gasteiger partial charge in [-0.2, -0.15) is 0 Å². The Hall–Kier alpha value is -6.13. The minimum absolute atomic E-state index is 0.0268. The third-order valence-corrected chi connectivity index (χ3v) is 10.9. The highest BCUT2D eigenvalue weighted by atomic mass is 16.7. The van der Waals surface area contributed by atoms with Gasteiger partial charge >= 0.3 is 18.0 Å². The number of carboxylic acids is 2. The summed E-state index contributed by atoms with van der Waals surface area (Å²) in [5.41, 5.74) is -1.05. The Morgan fingerprint density at radius 2 is 1.57 bits per heavy atom. The lowest BCUT2D eigenvalue weighted by molar-refractivity contribution is -0.238. The van der Waals surface area contributed by atoms with Gasteiger partial charge in [0.1, 0.15) is 37.2 Å². The molecular weight excluding hydrogens is 891 g/mol. The molecule has 4 amide bonds. The Labute approximate surface area is 396 Å². The zero-order chi connectivity index (χ0) is 50.8. The van der Waals surface area contributed by atoms with E-state index in [1.807, 2.05) is 0 Å². The Kier molecular flexibility index (Phi) is 21.8. The molecule has 1 aliphatic rings. The Balaban J connectivity index is 1.88. The van der Waals surface area contributed by atoms with Crippen molar-refractivity contribution in [2.45, 2.75) is 104 Å². The van der Waals surface area contributed by atoms with E-state index in [1.54, 1.807) is 71.9 Å². The number of nitrogens with zero attached hydrogens (tertiary/aromatic N) is 3. The van der Waals surface area contributed by atoms with Gasteiger partial charge in [-0.25, -0.2) is 14.4 Å². The number of carboxylic acid groups (broad SMARTS) is 2. The average molecular weight is 958 g/mol. The van der Waals surface area contributed by atoms with Gasteiger partial charge in [-0.3, -0.25) is 19.3 Å². The number of hydrogen-bond acceptors (Lipinski definition) is 15. The van der Waals surface area contributed by atoms with Gasteiger partial charge in [-0.1, -0.05) is 82.2 Å². The molecule has 3 rings (SSSR count). The molecule has 6 N–H and O–H groups in total. The van der Waals surface area contributed by atoms with Crippen LogP contribution in [0.4, 0.5) is 4.79 Å². The summed E-state index contributed by atoms with van der Waals surface area (Å²) in [6.07, 6.45) is -4.84. The number of hydrogen-bond donors (Lipinski definition) is 6. The first-order valence-corrected chi connectivity index (χ1v) is 22.0. The summed E-state index contributed by atoms with van der Waals surface area (Å²) in [6.45, 7) is 12.6. The summed E-state index contributed by atoms with van der Waals surface area (Å²) in [5.74, 6) is -4.55. The molecule has 6 atom stereocenters. The SMILES string of the molecule is C/C=N/OCCOCCOCCNC(=O)c1cc(COC(=O)N(C)C(C(=O)NC(C(=O)N(C)C/C=C(\C)C(=O)O)C(C)(C)C)C(C)(C)c2ccccc2)ccc1OC1OC(C(=O)O)CC(O)[C@H]1O. The van der Waals surface area contributed by atoms with Crippen LogP contribution in [0.5, 0.6) is 5.75 Å². The molecule has 0 aromatic heterocycles. The molecule has 1 saturated heterocycles. The van der Waals surface area contributed by atoms with Crippen molar-refractivity contribution in [3.05, 3.63) is 76.9 Å². The number of benzene rings is 2. The van der Waals surface area contributed by atoms with Crippen LogP contribution < -0.4 is 15.4 Å². The van der Waals surface area contributed by atoms with Gasteiger partial charge in [0.05, 0.1) is 38.1 Å². The van der Waals surface area contributed by atoms with Crippen molar-refractivity contribution >= 4 is 42.0 Å². The normalized spacial score (nSPS) is 18.5. The van der Waals surface area contributed by atoms with Crippen molar-refractivity contribution < 1.29 is 77.7 Å². The maximum absolute atomic E-state index is 14.6. The predicted molar refractivity (Wildman–Crippen MR) is 246 cm³/mol. The summed E-state index contributed by atoms with van der Waals surface area (Å²) in [6, 6.07) is 10.7. The number of aliphatic hydroxyl groups excluding tert-OH is 2. The van der Waals surface area contributed by atoms with Gasteiger partial charge in [-0.05, 0) is 42.5 Å². The van der Waals surface area contributed by atoms with Crippen LogP contribution in [0.1, 0.15) is 76.4 Å². The topological polar surface area (TPSA) is 282 Å². The third kappa shape index (κ3) is 16.6. The molecule has 2 aromatic carbocycles. The molecule has 0 aliphatic carbocycles. The van der Waals surface area contributed by atoms with Gasteiger partial charge < -0.3 is 64.5 Å². The lowest BCUT2D eigenvalue weighted by Gasteiger charge is -2.41. The van der Waals surface area contributed by atoms with Crippen LogP contribution in [0, 0.1) is 5.41 Å². The number of likely N-dealkylation sites (N-methyl/N-ethyl adjacent to an activating group) is 2. The molecule has 2 aromatic rings. The molecule has 0 radical (unpaired) electrons. The van der Waals surface area contributed by atoms with E-state index >= 15 is 0 Å². The molecule has 1 aliphatic heterocycles. The molecule has 1 fully saturated rings. The quantitative estimate of drug-likeness (QED) is 0.0361. The second kappa shape index (κ2) is 26.4. The van der Waals surface area contributed by atoms with E-state index in [4.69, 9.17) is 28.5 Å². The van der Waals surface area contributed by atoms with Crippen molar-refractivity contribution in [3.63, 3.8) is 0 Å². The van der Waals surface area contributed by atoms with Crippen LogP contribution in [-0.2, 0) is 55.0 Å². The Morgan fingerprint density at radius 1 is 0.926 bits per heavy atom. The zero-order valence-corrected chi connectivity index (χ0v) is 40.1. The van der Waals surface area contributed by atoms with E-state index in [1.165, 1.54) is 56.4 Å². The van der Waals surface area contributed by atoms with Gasteiger partial charge in [0.15, 0.2) is 6.10 Å². The molecule has 21 nitrogen and oxygen atoms in total. The minimum atomic E-state index is -1.69. The van der Waals surface area contributed by atoms with E-state index in [2.05, 4.69) is 15.8 Å². The molecule has 1 heterocycles. The fourth-order valence-electron chi connectivity index (χ4n) is 6.95. The number of aliphatic carboxylic acids is 2. The van der Waals surface area contributed by atoms with Crippen molar-refractivity contribution in [1.82, 2.24) is 20.4 Å². The van der Waals surface area contributed by atoms with Crippen LogP contribution in [0.25, 0.3) is 0 Å². The first-order valence-electron chi connectivity index (χ1n) is 22.0. The van der Waals surface area contributed by atoms with E-state index in [0.717, 1.165) is 4.90 Å². The second-order valence-electron chi connectivity index (χ2n) is 17.6. The van der Waals surface area contributed by atoms with E-state index in [-0.39, 0.29) is 62.0 Å². The van der Waals surface area contributed by atoms with Crippen molar-refractivity contribution in [3.8, 4) is 5.75 Å². The number of aliphatic hydroxyl groups is 2. The second-order valence-corrected chi connectivity index (χ2v) is 17.6. The lowest BCUT2D eigenvalue weighted by Crippen LogP contribution is -2.62. The average Bonchev–Trinajstić information content (AvgIpc) is 3.29. The summed E-state index contributed by atoms with van der Waals surface area (Å²) in [7, 11) is 2.87. The van der Waals surface area contributed by atoms with E-state index < -0.39 is 96.3 Å². The monoisotopic (exact) mass is 957 g/mol. The highest BCUT2D eigenvalue weighted by Gasteiger charge is 2.45. The fraction of sp³-hybridized carbons (Fsp3) is 0.553. The van der Waals surface area contributed by atoms with Gasteiger partial charge in [0.2, 0.25) is 18.1 Å². The standard InChI is InChI=1S/C47H67N5O16/c1-10-49-66-25-24-64-23-22-63-21-19-48-39(55)32-26-30(16-17-34(32)67-44-36(54)33(53)27-35(68-44)43(60)61)28-65-45(62)52(9)38(47(6,7)31-14-12-11-13-15-31)40(56)50-37(46(3,4)5)41(57)51(8)20-18-29(2)42(58)59/h10-18,26,33,35-38,44,53-54H,19-25,27-28H2,1-9H3,(H,48,55)(H,50,56)(H,58,59)(H,60,61)/b29-18+,49-10+/t33?,35?,36-,37?,38?,44?/m1/s1. The zero-order valence-electron chi connectivity index (χ0n) is 40.1. The first kappa shape index (κ1) is 56.2. The van der Waals surface area contributed by atoms with Crippen LogP contribution in [0.15, 0.2) is 65.3 Å². The lowest BCUT2D eigenvalue weighted by atomic mass is 9.76. The largest absolute Gasteiger partial charge is 0.479 e. The number of carbonyl (C=O) groups is 6. The molecule has 21 heteroatoms. The molecule has 0 bridgehead atoms. The molecular formula is C47H67N5O16. The molecule has 5 unspecified atom stereocenters. The predicted octanol–water partition coefficient (Wildman–Crippen LogP) is 2.71. The maximum atomic E-state index is 14.6. The third-order valence-electron chi connectivity index (χ3n) is 10.9. The number of nitrogens with one attached hydrogen (secondary N) is 2. The highest BCUT2D eigenvalue weighted by molar-refractivity contribution is 5.97. The summed E-state index contributed by atoms with van der Waals surface area (Å²) in [4.78, 5) is 86.6. The number of amides is 4. The molecule has 376 valence electrons. The number of ether oxygens (including phenoxy) is 5. The number of rotatable bonds is 25. The van der Waals surface area contributed by atoms with Crippen LogP contribution in [0.2, 0.25) is 0 Å². The van der Waals surface area contributed by atoms with Crippen LogP contribution >= 0.6 is 0 Å². The number of carbonyl (C=O) groups excluding carboxylic acids is 4. The smallest absolute Gasteiger partial charge is 0.410 e. The van der Waals surface area contributed by atoms with Crippen LogP contribution in [0.3, 0.4) is 0 Å². The molecule has 68 heavy (non-hydrogen) atoms. The fourth-order valence-corrected chi connectivity index (χ4v) is 6.95. The highest BCUT2D eigenvalue weighted by Crippen LogP contribution is 2.33. The van der Waals surface area contributed by atoms with E-state index in [0.29, 0.717) is 12.2 Å². The minimum Gasteiger partial charge on any atom is -0.479 e. The van der Waals surface area contributed by atoms with Crippen molar-refractivity contribution in [2.24, 2.45) is 10.6 Å². The van der Waals surface area contributed by atoms with Crippen molar-refractivity contribution in [2.75, 3.05) is 60.2 Å². The molecule has 0 saturated carbocycles. The summed E-state index contributed by atoms with van der Waals surface area (Å²) in [5, 5.41) is 49.0. The van der Waals surface area contributed by atoms with Crippen LogP contribution in [-0.4, -0.2) is 169 Å². The Bertz CT molecular complexity index is 2070. The number of oxime groups is 1. The summed E-state index contributed by atoms with van der Waals surface area (Å²) < 4.78 is 27.9. The Morgan fingerprint density at radius 3 is 2.19 bits per heavy atom. The maximum Gasteiger partial charge on any atom is 0.410 e. The van der Waals surface area contributed by atoms with E-state index in [9.17, 15) is 49.2 Å². The molecule has 0 spiro atoms.